The van der Waals surface area contributed by atoms with Gasteiger partial charge in [-0.3, -0.25) is 4.79 Å². The average Bonchev–Trinajstić information content (AvgIpc) is 3.34. The van der Waals surface area contributed by atoms with Crippen LogP contribution < -0.4 is 5.32 Å². The van der Waals surface area contributed by atoms with Gasteiger partial charge in [0.1, 0.15) is 15.6 Å². The molecule has 4 rings (SSSR count). The van der Waals surface area contributed by atoms with Crippen LogP contribution in [0.15, 0.2) is 59.3 Å². The first-order chi connectivity index (χ1) is 13.6. The summed E-state index contributed by atoms with van der Waals surface area (Å²) in [4.78, 5) is 17.3. The Kier molecular flexibility index (Phi) is 5.21. The van der Waals surface area contributed by atoms with Crippen molar-refractivity contribution in [2.75, 3.05) is 6.54 Å². The van der Waals surface area contributed by atoms with Crippen molar-refractivity contribution in [1.82, 2.24) is 15.5 Å². The summed E-state index contributed by atoms with van der Waals surface area (Å²) in [7, 11) is 0. The van der Waals surface area contributed by atoms with E-state index in [4.69, 9.17) is 4.52 Å². The van der Waals surface area contributed by atoms with Crippen LogP contribution >= 0.6 is 11.3 Å². The lowest BCUT2D eigenvalue weighted by molar-refractivity contribution is 0.0956. The summed E-state index contributed by atoms with van der Waals surface area (Å²) in [6, 6.07) is 16.1. The SMILES string of the molecule is CC(C)CCNC(=O)c1cnc(-c2noc3cc(-c4ccccc4)ccc23)s1. The van der Waals surface area contributed by atoms with Gasteiger partial charge in [0.15, 0.2) is 5.58 Å². The molecule has 0 unspecified atom stereocenters. The average molecular weight is 391 g/mol. The minimum atomic E-state index is -0.0939. The van der Waals surface area contributed by atoms with E-state index in [1.165, 1.54) is 11.3 Å². The molecule has 0 bridgehead atoms. The number of nitrogens with zero attached hydrogens (tertiary/aromatic N) is 2. The molecule has 1 N–H and O–H groups in total. The van der Waals surface area contributed by atoms with E-state index >= 15 is 0 Å². The third-order valence-electron chi connectivity index (χ3n) is 4.52. The standard InChI is InChI=1S/C22H21N3O2S/c1-14(2)10-11-23-21(26)19-13-24-22(28-19)20-17-9-8-16(12-18(17)27-25-20)15-6-4-3-5-7-15/h3-9,12-14H,10-11H2,1-2H3,(H,23,26). The Morgan fingerprint density at radius 1 is 1.14 bits per heavy atom. The highest BCUT2D eigenvalue weighted by Crippen LogP contribution is 2.33. The maximum absolute atomic E-state index is 12.3. The Labute approximate surface area is 167 Å². The molecule has 6 heteroatoms. The minimum Gasteiger partial charge on any atom is -0.356 e. The molecule has 1 amide bonds. The Hall–Kier alpha value is -2.99. The first-order valence-electron chi connectivity index (χ1n) is 9.31. The summed E-state index contributed by atoms with van der Waals surface area (Å²) in [5, 5.41) is 8.71. The Bertz CT molecular complexity index is 1100. The highest BCUT2D eigenvalue weighted by atomic mass is 32.1. The topological polar surface area (TPSA) is 68.0 Å². The second-order valence-electron chi connectivity index (χ2n) is 7.08. The highest BCUT2D eigenvalue weighted by molar-refractivity contribution is 7.17. The third kappa shape index (κ3) is 3.82. The Morgan fingerprint density at radius 2 is 1.96 bits per heavy atom. The number of carbonyl (C=O) groups is 1. The summed E-state index contributed by atoms with van der Waals surface area (Å²) in [5.74, 6) is 0.461. The number of nitrogens with one attached hydrogen (secondary N) is 1. The molecular formula is C22H21N3O2S. The van der Waals surface area contributed by atoms with Crippen LogP contribution in [-0.4, -0.2) is 22.6 Å². The summed E-state index contributed by atoms with van der Waals surface area (Å²) in [5.41, 5.74) is 3.56. The molecule has 0 radical (unpaired) electrons. The van der Waals surface area contributed by atoms with Crippen LogP contribution in [0.1, 0.15) is 29.9 Å². The van der Waals surface area contributed by atoms with Crippen LogP contribution in [0.4, 0.5) is 0 Å². The van der Waals surface area contributed by atoms with Gasteiger partial charge in [-0.15, -0.1) is 11.3 Å². The van der Waals surface area contributed by atoms with E-state index in [1.807, 2.05) is 36.4 Å². The molecule has 5 nitrogen and oxygen atoms in total. The normalized spacial score (nSPS) is 11.2. The summed E-state index contributed by atoms with van der Waals surface area (Å²) < 4.78 is 5.54. The summed E-state index contributed by atoms with van der Waals surface area (Å²) in [6.07, 6.45) is 2.55. The number of hydrogen-bond acceptors (Lipinski definition) is 5. The van der Waals surface area contributed by atoms with Crippen LogP contribution in [-0.2, 0) is 0 Å². The largest absolute Gasteiger partial charge is 0.356 e. The van der Waals surface area contributed by atoms with Gasteiger partial charge in [-0.2, -0.15) is 0 Å². The molecule has 0 saturated carbocycles. The van der Waals surface area contributed by atoms with Gasteiger partial charge in [0, 0.05) is 6.54 Å². The van der Waals surface area contributed by atoms with E-state index < -0.39 is 0 Å². The van der Waals surface area contributed by atoms with E-state index in [1.54, 1.807) is 6.20 Å². The van der Waals surface area contributed by atoms with Gasteiger partial charge in [0.2, 0.25) is 0 Å². The van der Waals surface area contributed by atoms with Gasteiger partial charge >= 0.3 is 0 Å². The number of hydrogen-bond donors (Lipinski definition) is 1. The molecule has 142 valence electrons. The van der Waals surface area contributed by atoms with Gasteiger partial charge in [-0.1, -0.05) is 55.4 Å². The molecule has 4 aromatic rings. The predicted molar refractivity (Wildman–Crippen MR) is 112 cm³/mol. The zero-order valence-electron chi connectivity index (χ0n) is 15.8. The molecule has 0 aliphatic rings. The van der Waals surface area contributed by atoms with Crippen LogP contribution in [0.3, 0.4) is 0 Å². The number of amides is 1. The van der Waals surface area contributed by atoms with Crippen molar-refractivity contribution in [3.8, 4) is 21.8 Å². The van der Waals surface area contributed by atoms with Gasteiger partial charge in [0.05, 0.1) is 11.6 Å². The smallest absolute Gasteiger partial charge is 0.263 e. The lowest BCUT2D eigenvalue weighted by Crippen LogP contribution is -2.24. The van der Waals surface area contributed by atoms with Gasteiger partial charge in [0.25, 0.3) is 5.91 Å². The zero-order chi connectivity index (χ0) is 19.5. The summed E-state index contributed by atoms with van der Waals surface area (Å²) in [6.45, 7) is 4.94. The molecule has 0 spiro atoms. The lowest BCUT2D eigenvalue weighted by atomic mass is 10.0. The molecule has 0 fully saturated rings. The van der Waals surface area contributed by atoms with Crippen molar-refractivity contribution >= 4 is 28.2 Å². The minimum absolute atomic E-state index is 0.0939. The molecule has 0 aliphatic carbocycles. The second kappa shape index (κ2) is 7.94. The van der Waals surface area contributed by atoms with Crippen molar-refractivity contribution in [3.05, 3.63) is 59.6 Å². The quantitative estimate of drug-likeness (QED) is 0.478. The number of aromatic nitrogens is 2. The fraction of sp³-hybridized carbons (Fsp3) is 0.227. The van der Waals surface area contributed by atoms with E-state index in [-0.39, 0.29) is 5.91 Å². The lowest BCUT2D eigenvalue weighted by Gasteiger charge is -2.05. The zero-order valence-corrected chi connectivity index (χ0v) is 16.6. The molecular weight excluding hydrogens is 370 g/mol. The van der Waals surface area contributed by atoms with Crippen molar-refractivity contribution in [2.45, 2.75) is 20.3 Å². The van der Waals surface area contributed by atoms with E-state index in [2.05, 4.69) is 41.4 Å². The molecule has 2 aromatic carbocycles. The Balaban J connectivity index is 1.57. The van der Waals surface area contributed by atoms with Crippen molar-refractivity contribution < 1.29 is 9.32 Å². The van der Waals surface area contributed by atoms with Crippen LogP contribution in [0.2, 0.25) is 0 Å². The van der Waals surface area contributed by atoms with Gasteiger partial charge in [-0.25, -0.2) is 4.98 Å². The Morgan fingerprint density at radius 3 is 2.75 bits per heavy atom. The van der Waals surface area contributed by atoms with Crippen molar-refractivity contribution in [2.24, 2.45) is 5.92 Å². The molecule has 2 aromatic heterocycles. The molecule has 0 aliphatic heterocycles. The first kappa shape index (κ1) is 18.4. The van der Waals surface area contributed by atoms with E-state index in [9.17, 15) is 4.79 Å². The number of thiazole rings is 1. The van der Waals surface area contributed by atoms with Crippen molar-refractivity contribution in [3.63, 3.8) is 0 Å². The number of fused-ring (bicyclic) bond motifs is 1. The van der Waals surface area contributed by atoms with Crippen LogP contribution in [0, 0.1) is 5.92 Å². The number of rotatable bonds is 6. The predicted octanol–water partition coefficient (Wildman–Crippen LogP) is 5.39. The first-order valence-corrected chi connectivity index (χ1v) is 10.1. The second-order valence-corrected chi connectivity index (χ2v) is 8.11. The fourth-order valence-electron chi connectivity index (χ4n) is 2.95. The molecule has 0 saturated heterocycles. The maximum Gasteiger partial charge on any atom is 0.263 e. The number of carbonyl (C=O) groups excluding carboxylic acids is 1. The highest BCUT2D eigenvalue weighted by Gasteiger charge is 2.17. The van der Waals surface area contributed by atoms with Gasteiger partial charge < -0.3 is 9.84 Å². The molecule has 28 heavy (non-hydrogen) atoms. The van der Waals surface area contributed by atoms with E-state index in [0.29, 0.717) is 33.6 Å². The van der Waals surface area contributed by atoms with Gasteiger partial charge in [-0.05, 0) is 35.6 Å². The monoisotopic (exact) mass is 391 g/mol. The van der Waals surface area contributed by atoms with Crippen LogP contribution in [0.25, 0.3) is 32.8 Å². The molecule has 0 atom stereocenters. The van der Waals surface area contributed by atoms with E-state index in [0.717, 1.165) is 22.9 Å². The molecule has 2 heterocycles. The van der Waals surface area contributed by atoms with Crippen molar-refractivity contribution in [1.29, 1.82) is 0 Å². The maximum atomic E-state index is 12.3. The number of benzene rings is 2. The summed E-state index contributed by atoms with van der Waals surface area (Å²) >= 11 is 1.33. The fourth-order valence-corrected chi connectivity index (χ4v) is 3.78. The van der Waals surface area contributed by atoms with Crippen LogP contribution in [0.5, 0.6) is 0 Å². The third-order valence-corrected chi connectivity index (χ3v) is 5.52.